The molecule has 1 saturated heterocycles. The van der Waals surface area contributed by atoms with Crippen molar-refractivity contribution in [3.05, 3.63) is 52.5 Å². The fourth-order valence-electron chi connectivity index (χ4n) is 3.47. The standard InChI is InChI=1S/C24H32ClN3O4/c1-18-4-6-20(7-5-18)27-23(29)17-32-24-21(25)14-19(15-22(24)30-2)16-26-8-3-9-28-10-12-31-13-11-28/h4-7,14-15,26H,3,8-13,16-17H2,1-2H3,(H,27,29). The van der Waals surface area contributed by atoms with E-state index in [-0.39, 0.29) is 12.5 Å². The average molecular weight is 462 g/mol. The number of methoxy groups -OCH3 is 1. The van der Waals surface area contributed by atoms with Gasteiger partial charge in [0.2, 0.25) is 0 Å². The molecule has 2 aromatic rings. The SMILES string of the molecule is COc1cc(CNCCCN2CCOCC2)cc(Cl)c1OCC(=O)Nc1ccc(C)cc1. The van der Waals surface area contributed by atoms with Gasteiger partial charge in [-0.1, -0.05) is 29.3 Å². The molecule has 1 aliphatic rings. The fourth-order valence-corrected chi connectivity index (χ4v) is 3.76. The van der Waals surface area contributed by atoms with Crippen LogP contribution in [-0.4, -0.2) is 63.9 Å². The molecular weight excluding hydrogens is 430 g/mol. The molecule has 1 heterocycles. The number of amides is 1. The van der Waals surface area contributed by atoms with Crippen molar-refractivity contribution in [2.24, 2.45) is 0 Å². The fraction of sp³-hybridized carbons (Fsp3) is 0.458. The number of morpholine rings is 1. The van der Waals surface area contributed by atoms with E-state index in [4.69, 9.17) is 25.8 Å². The van der Waals surface area contributed by atoms with Gasteiger partial charge in [0.05, 0.1) is 25.3 Å². The molecule has 0 aromatic heterocycles. The van der Waals surface area contributed by atoms with Crippen LogP contribution in [-0.2, 0) is 16.1 Å². The van der Waals surface area contributed by atoms with Crippen LogP contribution >= 0.6 is 11.6 Å². The second kappa shape index (κ2) is 12.6. The monoisotopic (exact) mass is 461 g/mol. The molecule has 0 atom stereocenters. The van der Waals surface area contributed by atoms with Crippen LogP contribution in [0.2, 0.25) is 5.02 Å². The topological polar surface area (TPSA) is 72.1 Å². The quantitative estimate of drug-likeness (QED) is 0.499. The molecule has 0 saturated carbocycles. The number of hydrogen-bond acceptors (Lipinski definition) is 6. The van der Waals surface area contributed by atoms with Gasteiger partial charge in [-0.3, -0.25) is 9.69 Å². The maximum absolute atomic E-state index is 12.2. The predicted molar refractivity (Wildman–Crippen MR) is 127 cm³/mol. The molecule has 0 spiro atoms. The molecule has 32 heavy (non-hydrogen) atoms. The Balaban J connectivity index is 1.46. The zero-order valence-corrected chi connectivity index (χ0v) is 19.5. The minimum Gasteiger partial charge on any atom is -0.493 e. The van der Waals surface area contributed by atoms with Crippen molar-refractivity contribution in [2.45, 2.75) is 19.9 Å². The summed E-state index contributed by atoms with van der Waals surface area (Å²) in [6.07, 6.45) is 1.07. The Kier molecular flexibility index (Phi) is 9.62. The first kappa shape index (κ1) is 24.3. The van der Waals surface area contributed by atoms with Crippen LogP contribution in [0.1, 0.15) is 17.5 Å². The number of benzene rings is 2. The molecule has 3 rings (SSSR count). The summed E-state index contributed by atoms with van der Waals surface area (Å²) in [6, 6.07) is 11.3. The highest BCUT2D eigenvalue weighted by atomic mass is 35.5. The summed E-state index contributed by atoms with van der Waals surface area (Å²) >= 11 is 6.43. The predicted octanol–water partition coefficient (Wildman–Crippen LogP) is 3.49. The first-order chi connectivity index (χ1) is 15.5. The van der Waals surface area contributed by atoms with E-state index in [0.717, 1.165) is 62.6 Å². The largest absolute Gasteiger partial charge is 0.493 e. The molecule has 8 heteroatoms. The summed E-state index contributed by atoms with van der Waals surface area (Å²) < 4.78 is 16.5. The first-order valence-corrected chi connectivity index (χ1v) is 11.3. The summed E-state index contributed by atoms with van der Waals surface area (Å²) in [4.78, 5) is 14.6. The van der Waals surface area contributed by atoms with Gasteiger partial charge < -0.3 is 24.8 Å². The van der Waals surface area contributed by atoms with E-state index in [9.17, 15) is 4.79 Å². The van der Waals surface area contributed by atoms with Crippen molar-refractivity contribution in [3.8, 4) is 11.5 Å². The highest BCUT2D eigenvalue weighted by Gasteiger charge is 2.14. The number of halogens is 1. The molecule has 1 amide bonds. The zero-order chi connectivity index (χ0) is 22.8. The summed E-state index contributed by atoms with van der Waals surface area (Å²) in [6.45, 7) is 8.16. The van der Waals surface area contributed by atoms with Gasteiger partial charge in [0.15, 0.2) is 18.1 Å². The maximum Gasteiger partial charge on any atom is 0.262 e. The van der Waals surface area contributed by atoms with Crippen molar-refractivity contribution in [2.75, 3.05) is 58.4 Å². The highest BCUT2D eigenvalue weighted by molar-refractivity contribution is 6.32. The van der Waals surface area contributed by atoms with E-state index in [1.54, 1.807) is 7.11 Å². The lowest BCUT2D eigenvalue weighted by Crippen LogP contribution is -2.37. The third-order valence-corrected chi connectivity index (χ3v) is 5.51. The van der Waals surface area contributed by atoms with E-state index < -0.39 is 0 Å². The lowest BCUT2D eigenvalue weighted by atomic mass is 10.2. The number of rotatable bonds is 11. The van der Waals surface area contributed by atoms with Crippen molar-refractivity contribution >= 4 is 23.2 Å². The molecule has 1 aliphatic heterocycles. The van der Waals surface area contributed by atoms with Gasteiger partial charge in [0.1, 0.15) is 0 Å². The van der Waals surface area contributed by atoms with E-state index in [2.05, 4.69) is 15.5 Å². The molecule has 174 valence electrons. The number of nitrogens with one attached hydrogen (secondary N) is 2. The Bertz CT molecular complexity index is 870. The molecule has 0 radical (unpaired) electrons. The second-order valence-electron chi connectivity index (χ2n) is 7.80. The van der Waals surface area contributed by atoms with E-state index >= 15 is 0 Å². The smallest absolute Gasteiger partial charge is 0.262 e. The van der Waals surface area contributed by atoms with Gasteiger partial charge >= 0.3 is 0 Å². The Morgan fingerprint density at radius 1 is 1.19 bits per heavy atom. The van der Waals surface area contributed by atoms with Crippen LogP contribution in [0.15, 0.2) is 36.4 Å². The molecule has 0 bridgehead atoms. The van der Waals surface area contributed by atoms with Crippen molar-refractivity contribution in [1.82, 2.24) is 10.2 Å². The molecule has 1 fully saturated rings. The van der Waals surface area contributed by atoms with Crippen molar-refractivity contribution in [1.29, 1.82) is 0 Å². The summed E-state index contributed by atoms with van der Waals surface area (Å²) in [5.74, 6) is 0.605. The lowest BCUT2D eigenvalue weighted by Gasteiger charge is -2.26. The number of anilines is 1. The second-order valence-corrected chi connectivity index (χ2v) is 8.20. The number of ether oxygens (including phenoxy) is 3. The highest BCUT2D eigenvalue weighted by Crippen LogP contribution is 2.36. The Morgan fingerprint density at radius 2 is 1.94 bits per heavy atom. The van der Waals surface area contributed by atoms with Crippen LogP contribution in [0, 0.1) is 6.92 Å². The number of carbonyl (C=O) groups excluding carboxylic acids is 1. The summed E-state index contributed by atoms with van der Waals surface area (Å²) in [7, 11) is 1.56. The minimum atomic E-state index is -0.266. The van der Waals surface area contributed by atoms with Crippen LogP contribution in [0.25, 0.3) is 0 Å². The summed E-state index contributed by atoms with van der Waals surface area (Å²) in [5, 5.41) is 6.66. The number of aryl methyl sites for hydroxylation is 1. The molecule has 0 aliphatic carbocycles. The first-order valence-electron chi connectivity index (χ1n) is 10.9. The number of nitrogens with zero attached hydrogens (tertiary/aromatic N) is 1. The van der Waals surface area contributed by atoms with Gasteiger partial charge in [0.25, 0.3) is 5.91 Å². The van der Waals surface area contributed by atoms with Gasteiger partial charge in [-0.05, 0) is 56.3 Å². The lowest BCUT2D eigenvalue weighted by molar-refractivity contribution is -0.118. The normalized spacial score (nSPS) is 14.2. The van der Waals surface area contributed by atoms with Gasteiger partial charge in [0, 0.05) is 25.3 Å². The van der Waals surface area contributed by atoms with Gasteiger partial charge in [-0.15, -0.1) is 0 Å². The minimum absolute atomic E-state index is 0.164. The van der Waals surface area contributed by atoms with E-state index in [1.807, 2.05) is 43.3 Å². The molecule has 0 unspecified atom stereocenters. The number of hydrogen-bond donors (Lipinski definition) is 2. The third-order valence-electron chi connectivity index (χ3n) is 5.23. The maximum atomic E-state index is 12.2. The Hall–Kier alpha value is -2.32. The summed E-state index contributed by atoms with van der Waals surface area (Å²) in [5.41, 5.74) is 2.84. The van der Waals surface area contributed by atoms with Crippen LogP contribution in [0.4, 0.5) is 5.69 Å². The van der Waals surface area contributed by atoms with Crippen LogP contribution < -0.4 is 20.1 Å². The number of carbonyl (C=O) groups is 1. The Morgan fingerprint density at radius 3 is 2.66 bits per heavy atom. The zero-order valence-electron chi connectivity index (χ0n) is 18.8. The molecule has 2 N–H and O–H groups in total. The Labute approximate surface area is 195 Å². The van der Waals surface area contributed by atoms with Crippen molar-refractivity contribution < 1.29 is 19.0 Å². The van der Waals surface area contributed by atoms with Gasteiger partial charge in [-0.2, -0.15) is 0 Å². The van der Waals surface area contributed by atoms with Crippen LogP contribution in [0.5, 0.6) is 11.5 Å². The van der Waals surface area contributed by atoms with Gasteiger partial charge in [-0.25, -0.2) is 0 Å². The molecule has 2 aromatic carbocycles. The van der Waals surface area contributed by atoms with E-state index in [1.165, 1.54) is 0 Å². The van der Waals surface area contributed by atoms with Crippen molar-refractivity contribution in [3.63, 3.8) is 0 Å². The van der Waals surface area contributed by atoms with E-state index in [0.29, 0.717) is 23.1 Å². The third kappa shape index (κ3) is 7.67. The molecule has 7 nitrogen and oxygen atoms in total. The molecular formula is C24H32ClN3O4. The average Bonchev–Trinajstić information content (AvgIpc) is 2.80. The van der Waals surface area contributed by atoms with Crippen LogP contribution in [0.3, 0.4) is 0 Å².